The zero-order valence-electron chi connectivity index (χ0n) is 16.1. The van der Waals surface area contributed by atoms with Gasteiger partial charge in [-0.25, -0.2) is 13.3 Å². The Morgan fingerprint density at radius 2 is 1.40 bits per heavy atom. The van der Waals surface area contributed by atoms with E-state index in [1.165, 1.54) is 29.8 Å². The SMILES string of the molecule is Fc1ccc(-c2c(-c3cc[n+](Cc4ccccc4)cc3)oc3cc(F)ccc23)cc1. The average Bonchev–Trinajstić information content (AvgIpc) is 3.14. The summed E-state index contributed by atoms with van der Waals surface area (Å²) in [7, 11) is 0. The van der Waals surface area contributed by atoms with Gasteiger partial charge in [0.15, 0.2) is 18.9 Å². The van der Waals surface area contributed by atoms with E-state index in [2.05, 4.69) is 16.7 Å². The maximum Gasteiger partial charge on any atom is 0.173 e. The number of halogens is 2. The second kappa shape index (κ2) is 7.56. The van der Waals surface area contributed by atoms with Gasteiger partial charge in [-0.1, -0.05) is 42.5 Å². The normalized spacial score (nSPS) is 11.1. The fourth-order valence-corrected chi connectivity index (χ4v) is 3.69. The second-order valence-electron chi connectivity index (χ2n) is 7.20. The van der Waals surface area contributed by atoms with E-state index in [-0.39, 0.29) is 11.6 Å². The number of fused-ring (bicyclic) bond motifs is 1. The molecule has 30 heavy (non-hydrogen) atoms. The smallest absolute Gasteiger partial charge is 0.173 e. The van der Waals surface area contributed by atoms with Crippen molar-refractivity contribution in [3.63, 3.8) is 0 Å². The minimum absolute atomic E-state index is 0.305. The molecule has 0 saturated heterocycles. The van der Waals surface area contributed by atoms with E-state index >= 15 is 0 Å². The fraction of sp³-hybridized carbons (Fsp3) is 0.0385. The minimum atomic E-state index is -0.359. The second-order valence-corrected chi connectivity index (χ2v) is 7.20. The van der Waals surface area contributed by atoms with Gasteiger partial charge in [0.1, 0.15) is 23.0 Å². The Labute approximate surface area is 172 Å². The molecule has 2 heterocycles. The van der Waals surface area contributed by atoms with E-state index in [0.29, 0.717) is 11.3 Å². The summed E-state index contributed by atoms with van der Waals surface area (Å²) in [6.45, 7) is 0.761. The Kier molecular flexibility index (Phi) is 4.60. The highest BCUT2D eigenvalue weighted by Gasteiger charge is 2.19. The van der Waals surface area contributed by atoms with Crippen LogP contribution in [0.25, 0.3) is 33.4 Å². The van der Waals surface area contributed by atoms with Crippen molar-refractivity contribution in [1.82, 2.24) is 0 Å². The van der Waals surface area contributed by atoms with Gasteiger partial charge in [0.25, 0.3) is 0 Å². The van der Waals surface area contributed by atoms with Crippen LogP contribution in [0.15, 0.2) is 102 Å². The first-order chi connectivity index (χ1) is 14.7. The highest BCUT2D eigenvalue weighted by Crippen LogP contribution is 2.40. The molecule has 146 valence electrons. The number of aromatic nitrogens is 1. The number of nitrogens with zero attached hydrogens (tertiary/aromatic N) is 1. The molecular weight excluding hydrogens is 380 g/mol. The van der Waals surface area contributed by atoms with Gasteiger partial charge >= 0.3 is 0 Å². The highest BCUT2D eigenvalue weighted by atomic mass is 19.1. The molecular formula is C26H18F2NO+. The van der Waals surface area contributed by atoms with Crippen LogP contribution in [-0.4, -0.2) is 0 Å². The van der Waals surface area contributed by atoms with Gasteiger partial charge in [-0.3, -0.25) is 0 Å². The first-order valence-corrected chi connectivity index (χ1v) is 9.69. The third kappa shape index (κ3) is 3.48. The van der Waals surface area contributed by atoms with Gasteiger partial charge in [0.2, 0.25) is 0 Å². The zero-order valence-corrected chi connectivity index (χ0v) is 16.1. The molecule has 2 nitrogen and oxygen atoms in total. The number of furan rings is 1. The molecule has 5 rings (SSSR count). The lowest BCUT2D eigenvalue weighted by Crippen LogP contribution is -2.32. The van der Waals surface area contributed by atoms with E-state index in [1.54, 1.807) is 18.2 Å². The molecule has 0 radical (unpaired) electrons. The first kappa shape index (κ1) is 18.3. The van der Waals surface area contributed by atoms with Gasteiger partial charge < -0.3 is 4.42 Å². The predicted octanol–water partition coefficient (Wildman–Crippen LogP) is 6.38. The molecule has 5 aromatic rings. The largest absolute Gasteiger partial charge is 0.455 e. The van der Waals surface area contributed by atoms with E-state index < -0.39 is 0 Å². The topological polar surface area (TPSA) is 17.0 Å². The lowest BCUT2D eigenvalue weighted by atomic mass is 9.99. The van der Waals surface area contributed by atoms with Crippen LogP contribution in [0.5, 0.6) is 0 Å². The third-order valence-corrected chi connectivity index (χ3v) is 5.15. The molecule has 0 N–H and O–H groups in total. The Morgan fingerprint density at radius 1 is 0.700 bits per heavy atom. The summed E-state index contributed by atoms with van der Waals surface area (Å²) < 4.78 is 35.4. The van der Waals surface area contributed by atoms with Gasteiger partial charge in [0, 0.05) is 40.3 Å². The summed E-state index contributed by atoms with van der Waals surface area (Å²) in [5.74, 6) is -0.0305. The molecule has 0 fully saturated rings. The van der Waals surface area contributed by atoms with Crippen LogP contribution < -0.4 is 4.57 Å². The van der Waals surface area contributed by atoms with E-state index in [0.717, 1.165) is 28.6 Å². The summed E-state index contributed by atoms with van der Waals surface area (Å²) in [6.07, 6.45) is 3.98. The van der Waals surface area contributed by atoms with Crippen LogP contribution in [0.1, 0.15) is 5.56 Å². The van der Waals surface area contributed by atoms with Crippen molar-refractivity contribution in [2.24, 2.45) is 0 Å². The van der Waals surface area contributed by atoms with Crippen molar-refractivity contribution in [3.8, 4) is 22.5 Å². The Balaban J connectivity index is 1.59. The molecule has 0 aliphatic heterocycles. The molecule has 0 saturated carbocycles. The van der Waals surface area contributed by atoms with E-state index in [1.807, 2.05) is 42.7 Å². The Hall–Kier alpha value is -3.79. The zero-order chi connectivity index (χ0) is 20.5. The summed E-state index contributed by atoms with van der Waals surface area (Å²) >= 11 is 0. The number of benzene rings is 3. The van der Waals surface area contributed by atoms with Crippen molar-refractivity contribution in [2.45, 2.75) is 6.54 Å². The van der Waals surface area contributed by atoms with Crippen molar-refractivity contribution in [1.29, 1.82) is 0 Å². The fourth-order valence-electron chi connectivity index (χ4n) is 3.69. The summed E-state index contributed by atoms with van der Waals surface area (Å²) in [6, 6.07) is 24.9. The number of rotatable bonds is 4. The lowest BCUT2D eigenvalue weighted by Gasteiger charge is -2.04. The number of hydrogen-bond donors (Lipinski definition) is 0. The highest BCUT2D eigenvalue weighted by molar-refractivity contribution is 6.01. The summed E-state index contributed by atoms with van der Waals surface area (Å²) in [4.78, 5) is 0. The lowest BCUT2D eigenvalue weighted by molar-refractivity contribution is -0.688. The molecule has 2 aromatic heterocycles. The van der Waals surface area contributed by atoms with Crippen molar-refractivity contribution >= 4 is 11.0 Å². The summed E-state index contributed by atoms with van der Waals surface area (Å²) in [5.41, 5.74) is 4.19. The standard InChI is InChI=1S/C26H18F2NO/c27-21-8-6-19(7-9-21)25-23-11-10-22(28)16-24(23)30-26(25)20-12-14-29(15-13-20)17-18-4-2-1-3-5-18/h1-16H,17H2/q+1. The number of hydrogen-bond acceptors (Lipinski definition) is 1. The average molecular weight is 398 g/mol. The van der Waals surface area contributed by atoms with Crippen molar-refractivity contribution < 1.29 is 17.8 Å². The van der Waals surface area contributed by atoms with Gasteiger partial charge in [-0.2, -0.15) is 0 Å². The van der Waals surface area contributed by atoms with Crippen LogP contribution in [0.3, 0.4) is 0 Å². The Morgan fingerprint density at radius 3 is 2.13 bits per heavy atom. The monoisotopic (exact) mass is 398 g/mol. The van der Waals surface area contributed by atoms with Crippen LogP contribution in [0.4, 0.5) is 8.78 Å². The quantitative estimate of drug-likeness (QED) is 0.321. The Bertz CT molecular complexity index is 1310. The van der Waals surface area contributed by atoms with E-state index in [4.69, 9.17) is 4.42 Å². The third-order valence-electron chi connectivity index (χ3n) is 5.15. The molecule has 0 amide bonds. The van der Waals surface area contributed by atoms with Crippen LogP contribution in [0, 0.1) is 11.6 Å². The minimum Gasteiger partial charge on any atom is -0.455 e. The van der Waals surface area contributed by atoms with Crippen LogP contribution >= 0.6 is 0 Å². The molecule has 0 atom stereocenters. The van der Waals surface area contributed by atoms with E-state index in [9.17, 15) is 8.78 Å². The molecule has 0 aliphatic carbocycles. The predicted molar refractivity (Wildman–Crippen MR) is 113 cm³/mol. The van der Waals surface area contributed by atoms with Crippen LogP contribution in [0.2, 0.25) is 0 Å². The molecule has 4 heteroatoms. The molecule has 0 unspecified atom stereocenters. The molecule has 0 aliphatic rings. The molecule has 0 bridgehead atoms. The van der Waals surface area contributed by atoms with Gasteiger partial charge in [0.05, 0.1) is 0 Å². The molecule has 3 aromatic carbocycles. The first-order valence-electron chi connectivity index (χ1n) is 9.69. The maximum atomic E-state index is 13.8. The summed E-state index contributed by atoms with van der Waals surface area (Å²) in [5, 5.41) is 0.791. The van der Waals surface area contributed by atoms with Crippen LogP contribution in [-0.2, 0) is 6.54 Å². The number of pyridine rings is 1. The van der Waals surface area contributed by atoms with Gasteiger partial charge in [-0.05, 0) is 29.8 Å². The van der Waals surface area contributed by atoms with Crippen molar-refractivity contribution in [2.75, 3.05) is 0 Å². The molecule has 0 spiro atoms. The van der Waals surface area contributed by atoms with Crippen molar-refractivity contribution in [3.05, 3.63) is 115 Å². The maximum absolute atomic E-state index is 13.8. The van der Waals surface area contributed by atoms with Gasteiger partial charge in [-0.15, -0.1) is 0 Å².